The summed E-state index contributed by atoms with van der Waals surface area (Å²) in [6, 6.07) is 0.579. The molecule has 3 N–H and O–H groups in total. The molecule has 1 aromatic rings. The Morgan fingerprint density at radius 1 is 1.26 bits per heavy atom. The van der Waals surface area contributed by atoms with Crippen molar-refractivity contribution in [2.75, 3.05) is 24.7 Å². The summed E-state index contributed by atoms with van der Waals surface area (Å²) >= 11 is 0. The molecule has 3 atom stereocenters. The number of hydrogen-bond acceptors (Lipinski definition) is 8. The zero-order valence-corrected chi connectivity index (χ0v) is 20.6. The van der Waals surface area contributed by atoms with Crippen LogP contribution in [-0.4, -0.2) is 77.3 Å². The van der Waals surface area contributed by atoms with Crippen LogP contribution >= 0.6 is 0 Å². The summed E-state index contributed by atoms with van der Waals surface area (Å²) in [5.74, 6) is -2.58. The quantitative estimate of drug-likeness (QED) is 0.447. The number of amides is 2. The van der Waals surface area contributed by atoms with Gasteiger partial charge in [0.25, 0.3) is 5.91 Å². The number of carbonyl (C=O) groups excluding carboxylic acids is 3. The van der Waals surface area contributed by atoms with Crippen LogP contribution in [0.3, 0.4) is 0 Å². The van der Waals surface area contributed by atoms with Gasteiger partial charge in [-0.25, -0.2) is 9.78 Å². The van der Waals surface area contributed by atoms with Crippen molar-refractivity contribution >= 4 is 29.6 Å². The molecule has 35 heavy (non-hydrogen) atoms. The number of pyridine rings is 1. The molecule has 0 saturated carbocycles. The number of ether oxygens (including phenoxy) is 2. The lowest BCUT2D eigenvalue weighted by molar-refractivity contribution is -0.153. The molecule has 1 fully saturated rings. The topological polar surface area (TPSA) is 147 Å². The number of carboxylic acid groups (broad SMARTS) is 1. The number of carbonyl (C=O) groups is 4. The van der Waals surface area contributed by atoms with Crippen LogP contribution in [-0.2, 0) is 35.1 Å². The Bertz CT molecular complexity index is 955. The highest BCUT2D eigenvalue weighted by atomic mass is 16.6. The number of anilines is 1. The minimum Gasteiger partial charge on any atom is -0.480 e. The van der Waals surface area contributed by atoms with Gasteiger partial charge in [0.15, 0.2) is 0 Å². The van der Waals surface area contributed by atoms with Crippen LogP contribution in [0, 0.1) is 5.92 Å². The number of hydrogen-bond donors (Lipinski definition) is 3. The molecule has 0 bridgehead atoms. The predicted octanol–water partition coefficient (Wildman–Crippen LogP) is 0.655. The molecular formula is C24H34N4O7. The van der Waals surface area contributed by atoms with Gasteiger partial charge in [0.2, 0.25) is 5.91 Å². The molecule has 0 aliphatic carbocycles. The normalized spacial score (nSPS) is 20.0. The summed E-state index contributed by atoms with van der Waals surface area (Å²) in [6.45, 7) is 7.54. The van der Waals surface area contributed by atoms with E-state index in [0.29, 0.717) is 37.4 Å². The maximum Gasteiger partial charge on any atom is 0.327 e. The first kappa shape index (κ1) is 26.6. The van der Waals surface area contributed by atoms with Crippen LogP contribution in [0.1, 0.15) is 46.1 Å². The summed E-state index contributed by atoms with van der Waals surface area (Å²) in [5.41, 5.74) is 0.0173. The molecule has 2 amide bonds. The van der Waals surface area contributed by atoms with Gasteiger partial charge in [0.05, 0.1) is 12.6 Å². The van der Waals surface area contributed by atoms with Crippen molar-refractivity contribution in [2.24, 2.45) is 5.92 Å². The van der Waals surface area contributed by atoms with Gasteiger partial charge in [-0.1, -0.05) is 6.07 Å². The molecule has 11 nitrogen and oxygen atoms in total. The maximum absolute atomic E-state index is 13.8. The van der Waals surface area contributed by atoms with E-state index < -0.39 is 47.5 Å². The van der Waals surface area contributed by atoms with E-state index in [9.17, 15) is 24.3 Å². The average Bonchev–Trinajstić information content (AvgIpc) is 3.20. The second-order valence-corrected chi connectivity index (χ2v) is 9.88. The summed E-state index contributed by atoms with van der Waals surface area (Å²) in [6.07, 6.45) is 2.73. The van der Waals surface area contributed by atoms with E-state index in [1.165, 1.54) is 11.1 Å². The molecule has 2 aliphatic heterocycles. The van der Waals surface area contributed by atoms with E-state index in [1.54, 1.807) is 39.8 Å². The number of aliphatic carboxylic acids is 1. The first-order valence-corrected chi connectivity index (χ1v) is 11.8. The lowest BCUT2D eigenvalue weighted by Crippen LogP contribution is -2.59. The standard InChI is InChI=1S/C24H34N4O7/c1-14(26-13-18(29)35-24(2,3)4)21(30)27-19(15-7-10-34-11-8-15)22(31)28-17(23(32)33)12-16-6-5-9-25-20(16)28/h5-6,9,14-15,17,19,26H,7-8,10-13H2,1-4H3,(H,27,30)(H,32,33)/t14-,17-,19-/m0/s1. The Morgan fingerprint density at radius 3 is 2.57 bits per heavy atom. The third-order valence-corrected chi connectivity index (χ3v) is 6.01. The van der Waals surface area contributed by atoms with E-state index in [1.807, 2.05) is 0 Å². The second-order valence-electron chi connectivity index (χ2n) is 9.88. The molecule has 0 unspecified atom stereocenters. The number of aromatic nitrogens is 1. The van der Waals surface area contributed by atoms with Crippen LogP contribution in [0.4, 0.5) is 5.82 Å². The second kappa shape index (κ2) is 11.1. The van der Waals surface area contributed by atoms with Crippen molar-refractivity contribution < 1.29 is 33.8 Å². The molecule has 3 rings (SSSR count). The van der Waals surface area contributed by atoms with Crippen molar-refractivity contribution in [1.82, 2.24) is 15.6 Å². The molecule has 3 heterocycles. The van der Waals surface area contributed by atoms with E-state index in [4.69, 9.17) is 9.47 Å². The number of rotatable bonds is 8. The Morgan fingerprint density at radius 2 is 1.94 bits per heavy atom. The lowest BCUT2D eigenvalue weighted by atomic mass is 9.90. The molecule has 1 aromatic heterocycles. The molecule has 0 spiro atoms. The van der Waals surface area contributed by atoms with Crippen molar-refractivity contribution in [1.29, 1.82) is 0 Å². The Balaban J connectivity index is 1.76. The van der Waals surface area contributed by atoms with Crippen molar-refractivity contribution in [3.63, 3.8) is 0 Å². The van der Waals surface area contributed by atoms with E-state index in [2.05, 4.69) is 15.6 Å². The smallest absolute Gasteiger partial charge is 0.327 e. The van der Waals surface area contributed by atoms with Gasteiger partial charge >= 0.3 is 11.9 Å². The molecule has 1 saturated heterocycles. The Hall–Kier alpha value is -3.05. The highest BCUT2D eigenvalue weighted by Crippen LogP contribution is 2.32. The van der Waals surface area contributed by atoms with Gasteiger partial charge in [-0.3, -0.25) is 24.6 Å². The van der Waals surface area contributed by atoms with Crippen molar-refractivity contribution in [2.45, 2.75) is 70.7 Å². The molecule has 0 radical (unpaired) electrons. The fourth-order valence-corrected chi connectivity index (χ4v) is 4.27. The predicted molar refractivity (Wildman–Crippen MR) is 126 cm³/mol. The first-order chi connectivity index (χ1) is 16.5. The zero-order valence-electron chi connectivity index (χ0n) is 20.6. The van der Waals surface area contributed by atoms with E-state index in [-0.39, 0.29) is 18.9 Å². The van der Waals surface area contributed by atoms with Gasteiger partial charge in [-0.2, -0.15) is 0 Å². The lowest BCUT2D eigenvalue weighted by Gasteiger charge is -2.34. The van der Waals surface area contributed by atoms with Crippen LogP contribution in [0.5, 0.6) is 0 Å². The summed E-state index contributed by atoms with van der Waals surface area (Å²) < 4.78 is 10.7. The van der Waals surface area contributed by atoms with Crippen LogP contribution in [0.2, 0.25) is 0 Å². The SMILES string of the molecule is C[C@H](NCC(=O)OC(C)(C)C)C(=O)N[C@H](C(=O)N1c2ncccc2C[C@H]1C(=O)O)C1CCOCC1. The van der Waals surface area contributed by atoms with Gasteiger partial charge in [0.1, 0.15) is 23.5 Å². The number of nitrogens with one attached hydrogen (secondary N) is 2. The van der Waals surface area contributed by atoms with Gasteiger partial charge in [-0.15, -0.1) is 0 Å². The van der Waals surface area contributed by atoms with Gasteiger partial charge < -0.3 is 19.9 Å². The van der Waals surface area contributed by atoms with E-state index in [0.717, 1.165) is 0 Å². The fourth-order valence-electron chi connectivity index (χ4n) is 4.27. The molecule has 2 aliphatic rings. The number of nitrogens with zero attached hydrogens (tertiary/aromatic N) is 2. The highest BCUT2D eigenvalue weighted by Gasteiger charge is 2.44. The molecule has 192 valence electrons. The third-order valence-electron chi connectivity index (χ3n) is 6.01. The summed E-state index contributed by atoms with van der Waals surface area (Å²) in [5, 5.41) is 15.4. The Labute approximate surface area is 204 Å². The fraction of sp³-hybridized carbons (Fsp3) is 0.625. The van der Waals surface area contributed by atoms with Crippen LogP contribution in [0.15, 0.2) is 18.3 Å². The third kappa shape index (κ3) is 6.76. The summed E-state index contributed by atoms with van der Waals surface area (Å²) in [7, 11) is 0. The zero-order chi connectivity index (χ0) is 25.8. The molecule has 0 aromatic carbocycles. The largest absolute Gasteiger partial charge is 0.480 e. The minimum absolute atomic E-state index is 0.145. The van der Waals surface area contributed by atoms with Gasteiger partial charge in [-0.05, 0) is 58.1 Å². The molecule has 11 heteroatoms. The molecular weight excluding hydrogens is 456 g/mol. The highest BCUT2D eigenvalue weighted by molar-refractivity contribution is 6.05. The van der Waals surface area contributed by atoms with Gasteiger partial charge in [0, 0.05) is 25.8 Å². The van der Waals surface area contributed by atoms with Crippen LogP contribution in [0.25, 0.3) is 0 Å². The average molecular weight is 491 g/mol. The van der Waals surface area contributed by atoms with E-state index >= 15 is 0 Å². The monoisotopic (exact) mass is 490 g/mol. The Kier molecular flexibility index (Phi) is 8.44. The van der Waals surface area contributed by atoms with Crippen LogP contribution < -0.4 is 15.5 Å². The minimum atomic E-state index is -1.14. The first-order valence-electron chi connectivity index (χ1n) is 11.8. The van der Waals surface area contributed by atoms with Crippen molar-refractivity contribution in [3.05, 3.63) is 23.9 Å². The maximum atomic E-state index is 13.8. The number of fused-ring (bicyclic) bond motifs is 1. The number of esters is 1. The van der Waals surface area contributed by atoms with Crippen molar-refractivity contribution in [3.8, 4) is 0 Å². The summed E-state index contributed by atoms with van der Waals surface area (Å²) in [4.78, 5) is 56.2. The number of carboxylic acids is 1.